The summed E-state index contributed by atoms with van der Waals surface area (Å²) < 4.78 is 0. The van der Waals surface area contributed by atoms with Crippen molar-refractivity contribution in [3.05, 3.63) is 23.5 Å². The van der Waals surface area contributed by atoms with Gasteiger partial charge in [-0.05, 0) is 12.1 Å². The first-order chi connectivity index (χ1) is 9.56. The maximum atomic E-state index is 11.9. The van der Waals surface area contributed by atoms with E-state index in [4.69, 9.17) is 11.6 Å². The van der Waals surface area contributed by atoms with E-state index in [9.17, 15) is 9.59 Å². The van der Waals surface area contributed by atoms with Crippen molar-refractivity contribution in [1.82, 2.24) is 14.8 Å². The van der Waals surface area contributed by atoms with Crippen molar-refractivity contribution in [2.45, 2.75) is 6.92 Å². The van der Waals surface area contributed by atoms with Gasteiger partial charge in [0.15, 0.2) is 5.15 Å². The lowest BCUT2D eigenvalue weighted by molar-refractivity contribution is -0.130. The number of halogens is 1. The molecule has 1 aromatic rings. The molecular weight excluding hydrogens is 280 g/mol. The number of rotatable bonds is 3. The molecule has 1 N–H and O–H groups in total. The minimum atomic E-state index is -0.129. The summed E-state index contributed by atoms with van der Waals surface area (Å²) in [6.07, 6.45) is 1.57. The van der Waals surface area contributed by atoms with Gasteiger partial charge in [-0.25, -0.2) is 4.98 Å². The van der Waals surface area contributed by atoms with Crippen molar-refractivity contribution in [2.24, 2.45) is 0 Å². The second-order valence-electron chi connectivity index (χ2n) is 4.67. The quantitative estimate of drug-likeness (QED) is 0.840. The largest absolute Gasteiger partial charge is 0.340 e. The number of carbonyl (C=O) groups excluding carboxylic acids is 2. The lowest BCUT2D eigenvalue weighted by Gasteiger charge is -2.33. The summed E-state index contributed by atoms with van der Waals surface area (Å²) in [5, 5.41) is 3.02. The second kappa shape index (κ2) is 6.67. The van der Waals surface area contributed by atoms with Crippen LogP contribution in [0.15, 0.2) is 18.3 Å². The highest BCUT2D eigenvalue weighted by Crippen LogP contribution is 2.17. The molecule has 20 heavy (non-hydrogen) atoms. The summed E-state index contributed by atoms with van der Waals surface area (Å²) in [4.78, 5) is 30.8. The van der Waals surface area contributed by atoms with Crippen LogP contribution in [0.4, 0.5) is 5.69 Å². The standard InChI is InChI=1S/C13H17ClN4O2/c1-10(19)18-7-5-17(6-8-18)9-12(20)16-11-3-2-4-15-13(11)14/h2-4H,5-9H2,1H3,(H,16,20). The number of piperazine rings is 1. The van der Waals surface area contributed by atoms with Crippen LogP contribution >= 0.6 is 11.6 Å². The fourth-order valence-corrected chi connectivity index (χ4v) is 2.26. The third kappa shape index (κ3) is 3.91. The van der Waals surface area contributed by atoms with Crippen LogP contribution in [0.5, 0.6) is 0 Å². The SMILES string of the molecule is CC(=O)N1CCN(CC(=O)Nc2cccnc2Cl)CC1. The van der Waals surface area contributed by atoms with E-state index in [0.717, 1.165) is 0 Å². The lowest BCUT2D eigenvalue weighted by atomic mass is 10.3. The number of carbonyl (C=O) groups is 2. The molecule has 1 aliphatic heterocycles. The zero-order valence-corrected chi connectivity index (χ0v) is 12.1. The van der Waals surface area contributed by atoms with E-state index in [-0.39, 0.29) is 23.5 Å². The molecule has 0 unspecified atom stereocenters. The van der Waals surface area contributed by atoms with Crippen LogP contribution < -0.4 is 5.32 Å². The van der Waals surface area contributed by atoms with Gasteiger partial charge < -0.3 is 10.2 Å². The predicted octanol–water partition coefficient (Wildman–Crippen LogP) is 0.838. The first kappa shape index (κ1) is 14.7. The van der Waals surface area contributed by atoms with Crippen molar-refractivity contribution in [1.29, 1.82) is 0 Å². The second-order valence-corrected chi connectivity index (χ2v) is 5.03. The molecule has 0 aliphatic carbocycles. The summed E-state index contributed by atoms with van der Waals surface area (Å²) in [6, 6.07) is 3.42. The molecule has 2 heterocycles. The van der Waals surface area contributed by atoms with Gasteiger partial charge in [-0.15, -0.1) is 0 Å². The molecule has 0 radical (unpaired) electrons. The van der Waals surface area contributed by atoms with E-state index < -0.39 is 0 Å². The Balaban J connectivity index is 1.81. The number of nitrogens with one attached hydrogen (secondary N) is 1. The van der Waals surface area contributed by atoms with Gasteiger partial charge >= 0.3 is 0 Å². The fourth-order valence-electron chi connectivity index (χ4n) is 2.09. The van der Waals surface area contributed by atoms with E-state index in [1.807, 2.05) is 4.90 Å². The molecule has 7 heteroatoms. The Kier molecular flexibility index (Phi) is 4.92. The lowest BCUT2D eigenvalue weighted by Crippen LogP contribution is -2.49. The van der Waals surface area contributed by atoms with Gasteiger partial charge in [0.05, 0.1) is 12.2 Å². The Bertz CT molecular complexity index is 501. The number of nitrogens with zero attached hydrogens (tertiary/aromatic N) is 3. The molecular formula is C13H17ClN4O2. The molecule has 0 saturated carbocycles. The molecule has 108 valence electrons. The summed E-state index contributed by atoms with van der Waals surface area (Å²) in [7, 11) is 0. The minimum Gasteiger partial charge on any atom is -0.340 e. The zero-order chi connectivity index (χ0) is 14.5. The van der Waals surface area contributed by atoms with Crippen molar-refractivity contribution in [2.75, 3.05) is 38.0 Å². The number of amides is 2. The van der Waals surface area contributed by atoms with Crippen molar-refractivity contribution >= 4 is 29.1 Å². The van der Waals surface area contributed by atoms with E-state index in [1.54, 1.807) is 30.2 Å². The maximum Gasteiger partial charge on any atom is 0.238 e. The summed E-state index contributed by atoms with van der Waals surface area (Å²) in [5.74, 6) is -0.0487. The van der Waals surface area contributed by atoms with Gasteiger partial charge in [-0.3, -0.25) is 14.5 Å². The Morgan fingerprint density at radius 2 is 2.05 bits per heavy atom. The molecule has 2 amide bonds. The van der Waals surface area contributed by atoms with Crippen LogP contribution in [-0.4, -0.2) is 59.3 Å². The third-order valence-corrected chi connectivity index (χ3v) is 3.52. The van der Waals surface area contributed by atoms with Crippen LogP contribution in [0.1, 0.15) is 6.92 Å². The van der Waals surface area contributed by atoms with E-state index >= 15 is 0 Å². The van der Waals surface area contributed by atoms with Crippen molar-refractivity contribution in [3.8, 4) is 0 Å². The molecule has 0 aromatic carbocycles. The molecule has 0 bridgehead atoms. The maximum absolute atomic E-state index is 11.9. The Labute approximate surface area is 122 Å². The number of pyridine rings is 1. The molecule has 2 rings (SSSR count). The smallest absolute Gasteiger partial charge is 0.238 e. The molecule has 1 saturated heterocycles. The fraction of sp³-hybridized carbons (Fsp3) is 0.462. The normalized spacial score (nSPS) is 16.0. The van der Waals surface area contributed by atoms with Crippen LogP contribution in [0, 0.1) is 0 Å². The summed E-state index contributed by atoms with van der Waals surface area (Å²) in [6.45, 7) is 4.58. The molecule has 0 atom stereocenters. The molecule has 6 nitrogen and oxygen atoms in total. The topological polar surface area (TPSA) is 65.5 Å². The number of anilines is 1. The van der Waals surface area contributed by atoms with Crippen molar-refractivity contribution in [3.63, 3.8) is 0 Å². The Morgan fingerprint density at radius 3 is 2.65 bits per heavy atom. The highest BCUT2D eigenvalue weighted by Gasteiger charge is 2.20. The highest BCUT2D eigenvalue weighted by molar-refractivity contribution is 6.32. The zero-order valence-electron chi connectivity index (χ0n) is 11.3. The minimum absolute atomic E-state index is 0.0799. The van der Waals surface area contributed by atoms with E-state index in [1.165, 1.54) is 0 Å². The molecule has 0 spiro atoms. The van der Waals surface area contributed by atoms with Crippen LogP contribution in [0.2, 0.25) is 5.15 Å². The van der Waals surface area contributed by atoms with Gasteiger partial charge in [0, 0.05) is 39.3 Å². The first-order valence-electron chi connectivity index (χ1n) is 6.44. The van der Waals surface area contributed by atoms with Crippen LogP contribution in [-0.2, 0) is 9.59 Å². The average Bonchev–Trinajstić information content (AvgIpc) is 2.42. The van der Waals surface area contributed by atoms with Gasteiger partial charge in [0.1, 0.15) is 0 Å². The van der Waals surface area contributed by atoms with Gasteiger partial charge in [-0.2, -0.15) is 0 Å². The third-order valence-electron chi connectivity index (χ3n) is 3.22. The van der Waals surface area contributed by atoms with E-state index in [2.05, 4.69) is 10.3 Å². The predicted molar refractivity (Wildman–Crippen MR) is 76.6 cm³/mol. The monoisotopic (exact) mass is 296 g/mol. The number of hydrogen-bond acceptors (Lipinski definition) is 4. The number of hydrogen-bond donors (Lipinski definition) is 1. The summed E-state index contributed by atoms with van der Waals surface area (Å²) >= 11 is 5.88. The Morgan fingerprint density at radius 1 is 1.35 bits per heavy atom. The van der Waals surface area contributed by atoms with Gasteiger partial charge in [0.2, 0.25) is 11.8 Å². The Hall–Kier alpha value is -1.66. The molecule has 1 fully saturated rings. The molecule has 1 aliphatic rings. The highest BCUT2D eigenvalue weighted by atomic mass is 35.5. The van der Waals surface area contributed by atoms with Crippen molar-refractivity contribution < 1.29 is 9.59 Å². The van der Waals surface area contributed by atoms with Crippen LogP contribution in [0.25, 0.3) is 0 Å². The van der Waals surface area contributed by atoms with Gasteiger partial charge in [0.25, 0.3) is 0 Å². The average molecular weight is 297 g/mol. The summed E-state index contributed by atoms with van der Waals surface area (Å²) in [5.41, 5.74) is 0.515. The molecule has 1 aromatic heterocycles. The first-order valence-corrected chi connectivity index (χ1v) is 6.82. The number of aromatic nitrogens is 1. The van der Waals surface area contributed by atoms with Gasteiger partial charge in [-0.1, -0.05) is 11.6 Å². The van der Waals surface area contributed by atoms with E-state index in [0.29, 0.717) is 31.9 Å². The van der Waals surface area contributed by atoms with Crippen LogP contribution in [0.3, 0.4) is 0 Å².